The summed E-state index contributed by atoms with van der Waals surface area (Å²) < 4.78 is 6.79. The monoisotopic (exact) mass is 410 g/mol. The fourth-order valence-corrected chi connectivity index (χ4v) is 3.12. The van der Waals surface area contributed by atoms with Crippen LogP contribution in [0.3, 0.4) is 0 Å². The molecule has 3 rings (SSSR count). The van der Waals surface area contributed by atoms with Crippen molar-refractivity contribution < 1.29 is 14.3 Å². The minimum atomic E-state index is -0.487. The minimum Gasteiger partial charge on any atom is -0.455 e. The summed E-state index contributed by atoms with van der Waals surface area (Å²) in [4.78, 5) is 36.6. The Bertz CT molecular complexity index is 1060. The maximum Gasteiger partial charge on any atom is 0.310 e. The third-order valence-corrected chi connectivity index (χ3v) is 4.96. The van der Waals surface area contributed by atoms with E-state index in [1.807, 2.05) is 57.1 Å². The van der Waals surface area contributed by atoms with E-state index in [0.29, 0.717) is 18.0 Å². The van der Waals surface area contributed by atoms with Gasteiger partial charge in [-0.1, -0.05) is 12.1 Å². The number of anilines is 1. The Hall–Kier alpha value is -3.49. The van der Waals surface area contributed by atoms with Crippen LogP contribution in [-0.4, -0.2) is 64.1 Å². The lowest BCUT2D eigenvalue weighted by Crippen LogP contribution is -2.31. The van der Waals surface area contributed by atoms with Gasteiger partial charge in [0.1, 0.15) is 6.33 Å². The number of rotatable bonds is 7. The van der Waals surface area contributed by atoms with Crippen molar-refractivity contribution in [2.75, 3.05) is 32.6 Å². The van der Waals surface area contributed by atoms with Crippen LogP contribution in [0.2, 0.25) is 0 Å². The summed E-state index contributed by atoms with van der Waals surface area (Å²) in [5.41, 5.74) is 4.28. The summed E-state index contributed by atoms with van der Waals surface area (Å²) in [6.45, 7) is 3.79. The molecule has 0 saturated heterocycles. The van der Waals surface area contributed by atoms with Gasteiger partial charge in [0.05, 0.1) is 6.42 Å². The molecule has 0 aliphatic rings. The summed E-state index contributed by atoms with van der Waals surface area (Å²) in [7, 11) is 5.64. The van der Waals surface area contributed by atoms with E-state index in [2.05, 4.69) is 15.1 Å². The van der Waals surface area contributed by atoms with Gasteiger partial charge in [-0.2, -0.15) is 10.1 Å². The molecule has 0 aliphatic heterocycles. The normalized spacial score (nSPS) is 10.8. The Balaban J connectivity index is 1.54. The number of hydrogen-bond acceptors (Lipinski definition) is 7. The third kappa shape index (κ3) is 4.73. The average molecular weight is 410 g/mol. The molecule has 30 heavy (non-hydrogen) atoms. The van der Waals surface area contributed by atoms with Gasteiger partial charge >= 0.3 is 5.97 Å². The second kappa shape index (κ2) is 8.89. The molecule has 0 atom stereocenters. The highest BCUT2D eigenvalue weighted by molar-refractivity contribution is 5.81. The van der Waals surface area contributed by atoms with Crippen molar-refractivity contribution >= 4 is 23.3 Å². The van der Waals surface area contributed by atoms with E-state index in [1.165, 1.54) is 11.2 Å². The first kappa shape index (κ1) is 21.2. The average Bonchev–Trinajstić information content (AvgIpc) is 3.18. The highest BCUT2D eigenvalue weighted by atomic mass is 16.5. The SMILES string of the molecule is Cc1nc2ncnn2c(C)c1CC(=O)OCC(=O)N(C)Cc1ccc(N(C)C)cc1. The fraction of sp³-hybridized carbons (Fsp3) is 0.381. The maximum atomic E-state index is 12.4. The summed E-state index contributed by atoms with van der Waals surface area (Å²) in [5.74, 6) is -0.268. The third-order valence-electron chi connectivity index (χ3n) is 4.96. The summed E-state index contributed by atoms with van der Waals surface area (Å²) in [6, 6.07) is 7.95. The van der Waals surface area contributed by atoms with E-state index < -0.39 is 5.97 Å². The van der Waals surface area contributed by atoms with Crippen LogP contribution in [-0.2, 0) is 27.3 Å². The molecule has 9 heteroatoms. The molecule has 1 amide bonds. The highest BCUT2D eigenvalue weighted by Gasteiger charge is 2.17. The van der Waals surface area contributed by atoms with Crippen molar-refractivity contribution in [3.8, 4) is 0 Å². The molecule has 0 unspecified atom stereocenters. The molecule has 1 aromatic carbocycles. The van der Waals surface area contributed by atoms with Gasteiger partial charge < -0.3 is 14.5 Å². The first-order valence-corrected chi connectivity index (χ1v) is 9.58. The van der Waals surface area contributed by atoms with Gasteiger partial charge in [-0.3, -0.25) is 9.59 Å². The van der Waals surface area contributed by atoms with Crippen LogP contribution < -0.4 is 4.90 Å². The number of likely N-dealkylation sites (N-methyl/N-ethyl adjacent to an activating group) is 1. The number of fused-ring (bicyclic) bond motifs is 1. The number of nitrogens with zero attached hydrogens (tertiary/aromatic N) is 6. The van der Waals surface area contributed by atoms with E-state index in [0.717, 1.165) is 22.5 Å². The molecule has 3 aromatic rings. The van der Waals surface area contributed by atoms with Crippen LogP contribution in [0.15, 0.2) is 30.6 Å². The van der Waals surface area contributed by atoms with E-state index in [1.54, 1.807) is 11.6 Å². The van der Waals surface area contributed by atoms with Gasteiger partial charge in [0.15, 0.2) is 6.61 Å². The number of amides is 1. The Morgan fingerprint density at radius 3 is 2.47 bits per heavy atom. The van der Waals surface area contributed by atoms with E-state index in [9.17, 15) is 9.59 Å². The number of ether oxygens (including phenoxy) is 1. The lowest BCUT2D eigenvalue weighted by Gasteiger charge is -2.18. The Morgan fingerprint density at radius 1 is 1.10 bits per heavy atom. The van der Waals surface area contributed by atoms with Gasteiger partial charge in [0, 0.05) is 50.3 Å². The van der Waals surface area contributed by atoms with Crippen LogP contribution in [0.5, 0.6) is 0 Å². The second-order valence-electron chi connectivity index (χ2n) is 7.38. The largest absolute Gasteiger partial charge is 0.455 e. The predicted molar refractivity (Wildman–Crippen MR) is 112 cm³/mol. The van der Waals surface area contributed by atoms with Gasteiger partial charge in [-0.25, -0.2) is 9.50 Å². The van der Waals surface area contributed by atoms with Crippen molar-refractivity contribution in [2.45, 2.75) is 26.8 Å². The van der Waals surface area contributed by atoms with E-state index in [-0.39, 0.29) is 18.9 Å². The number of hydrogen-bond donors (Lipinski definition) is 0. The molecular formula is C21H26N6O3. The van der Waals surface area contributed by atoms with Crippen molar-refractivity contribution in [2.24, 2.45) is 0 Å². The van der Waals surface area contributed by atoms with Crippen LogP contribution in [0.1, 0.15) is 22.5 Å². The second-order valence-corrected chi connectivity index (χ2v) is 7.38. The van der Waals surface area contributed by atoms with Crippen LogP contribution in [0.4, 0.5) is 5.69 Å². The minimum absolute atomic E-state index is 0.0173. The molecule has 0 N–H and O–H groups in total. The van der Waals surface area contributed by atoms with Gasteiger partial charge in [0.2, 0.25) is 0 Å². The molecular weight excluding hydrogens is 384 g/mol. The quantitative estimate of drug-likeness (QED) is 0.546. The molecule has 0 fully saturated rings. The zero-order valence-electron chi connectivity index (χ0n) is 17.9. The van der Waals surface area contributed by atoms with E-state index in [4.69, 9.17) is 4.74 Å². The zero-order valence-corrected chi connectivity index (χ0v) is 17.9. The Kier molecular flexibility index (Phi) is 6.29. The lowest BCUT2D eigenvalue weighted by molar-refractivity contribution is -0.151. The molecule has 0 saturated carbocycles. The summed E-state index contributed by atoms with van der Waals surface area (Å²) in [5, 5.41) is 4.11. The molecule has 158 valence electrons. The van der Waals surface area contributed by atoms with Crippen molar-refractivity contribution in [3.05, 3.63) is 53.1 Å². The standard InChI is InChI=1S/C21H26N6O3/c1-14-18(15(2)27-21(24-14)22-13-23-27)10-20(29)30-12-19(28)26(5)11-16-6-8-17(9-7-16)25(3)4/h6-9,13H,10-12H2,1-5H3. The van der Waals surface area contributed by atoms with Gasteiger partial charge in [-0.05, 0) is 31.5 Å². The van der Waals surface area contributed by atoms with Crippen LogP contribution in [0.25, 0.3) is 5.78 Å². The highest BCUT2D eigenvalue weighted by Crippen LogP contribution is 2.15. The van der Waals surface area contributed by atoms with Gasteiger partial charge in [0.25, 0.3) is 11.7 Å². The van der Waals surface area contributed by atoms with Crippen molar-refractivity contribution in [3.63, 3.8) is 0 Å². The summed E-state index contributed by atoms with van der Waals surface area (Å²) in [6.07, 6.45) is 1.43. The van der Waals surface area contributed by atoms with Crippen LogP contribution in [0, 0.1) is 13.8 Å². The Morgan fingerprint density at radius 2 is 1.80 bits per heavy atom. The molecule has 0 radical (unpaired) electrons. The number of esters is 1. The zero-order chi connectivity index (χ0) is 21.8. The molecule has 2 heterocycles. The number of carbonyl (C=O) groups is 2. The predicted octanol–water partition coefficient (Wildman–Crippen LogP) is 1.55. The number of carbonyl (C=O) groups excluding carboxylic acids is 2. The molecule has 0 bridgehead atoms. The number of aryl methyl sites for hydroxylation is 2. The smallest absolute Gasteiger partial charge is 0.310 e. The van der Waals surface area contributed by atoms with Gasteiger partial charge in [-0.15, -0.1) is 0 Å². The van der Waals surface area contributed by atoms with Crippen LogP contribution >= 0.6 is 0 Å². The summed E-state index contributed by atoms with van der Waals surface area (Å²) >= 11 is 0. The molecule has 2 aromatic heterocycles. The first-order chi connectivity index (χ1) is 14.3. The molecule has 9 nitrogen and oxygen atoms in total. The maximum absolute atomic E-state index is 12.4. The molecule has 0 aliphatic carbocycles. The fourth-order valence-electron chi connectivity index (χ4n) is 3.12. The number of aromatic nitrogens is 4. The van der Waals surface area contributed by atoms with Crippen molar-refractivity contribution in [1.82, 2.24) is 24.5 Å². The Labute approximate surface area is 175 Å². The first-order valence-electron chi connectivity index (χ1n) is 9.58. The lowest BCUT2D eigenvalue weighted by atomic mass is 10.1. The van der Waals surface area contributed by atoms with E-state index >= 15 is 0 Å². The van der Waals surface area contributed by atoms with Crippen molar-refractivity contribution in [1.29, 1.82) is 0 Å². The molecule has 0 spiro atoms. The number of benzene rings is 1. The topological polar surface area (TPSA) is 92.9 Å².